The Morgan fingerprint density at radius 1 is 1.16 bits per heavy atom. The van der Waals surface area contributed by atoms with E-state index in [2.05, 4.69) is 27.7 Å². The molecule has 7 heteroatoms. The standard InChI is InChI=1S/C24H32N4O3/c1-30-21-8-4-18(5-9-21)10-12-25-24(26-13-11-22-3-2-14-31-22)27-16-19-15-23(29)28(17-19)20-6-7-20/h2-5,8-9,14,19-20H,6-7,10-13,15-17H2,1H3,(H2,25,26,27). The molecule has 0 radical (unpaired) electrons. The van der Waals surface area contributed by atoms with Crippen LogP contribution in [0.4, 0.5) is 0 Å². The van der Waals surface area contributed by atoms with E-state index in [1.807, 2.05) is 24.3 Å². The molecule has 1 aromatic carbocycles. The Kier molecular flexibility index (Phi) is 7.12. The predicted molar refractivity (Wildman–Crippen MR) is 120 cm³/mol. The molecule has 2 heterocycles. The van der Waals surface area contributed by atoms with Crippen LogP contribution in [0.2, 0.25) is 0 Å². The maximum atomic E-state index is 12.2. The molecule has 31 heavy (non-hydrogen) atoms. The minimum absolute atomic E-state index is 0.294. The number of ether oxygens (including phenoxy) is 1. The Bertz CT molecular complexity index is 859. The lowest BCUT2D eigenvalue weighted by atomic mass is 10.1. The molecule has 1 saturated heterocycles. The molecule has 1 unspecified atom stereocenters. The molecular weight excluding hydrogens is 392 g/mol. The Balaban J connectivity index is 1.28. The van der Waals surface area contributed by atoms with E-state index in [0.29, 0.717) is 30.8 Å². The average Bonchev–Trinajstić information content (AvgIpc) is 3.36. The molecular formula is C24H32N4O3. The zero-order valence-corrected chi connectivity index (χ0v) is 18.2. The highest BCUT2D eigenvalue weighted by Crippen LogP contribution is 2.32. The Morgan fingerprint density at radius 3 is 2.61 bits per heavy atom. The van der Waals surface area contributed by atoms with Gasteiger partial charge in [0.05, 0.1) is 13.4 Å². The Morgan fingerprint density at radius 2 is 1.94 bits per heavy atom. The minimum Gasteiger partial charge on any atom is -0.497 e. The van der Waals surface area contributed by atoms with Gasteiger partial charge in [0.15, 0.2) is 5.96 Å². The van der Waals surface area contributed by atoms with Gasteiger partial charge >= 0.3 is 0 Å². The summed E-state index contributed by atoms with van der Waals surface area (Å²) in [5, 5.41) is 6.84. The van der Waals surface area contributed by atoms with Gasteiger partial charge in [-0.3, -0.25) is 9.79 Å². The van der Waals surface area contributed by atoms with Gasteiger partial charge in [-0.1, -0.05) is 12.1 Å². The van der Waals surface area contributed by atoms with Crippen molar-refractivity contribution in [3.05, 3.63) is 54.0 Å². The number of nitrogens with zero attached hydrogens (tertiary/aromatic N) is 2. The smallest absolute Gasteiger partial charge is 0.223 e. The predicted octanol–water partition coefficient (Wildman–Crippen LogP) is 2.62. The summed E-state index contributed by atoms with van der Waals surface area (Å²) in [7, 11) is 1.68. The van der Waals surface area contributed by atoms with Crippen LogP contribution in [0.3, 0.4) is 0 Å². The molecule has 0 bridgehead atoms. The summed E-state index contributed by atoms with van der Waals surface area (Å²) >= 11 is 0. The molecule has 1 aliphatic heterocycles. The maximum Gasteiger partial charge on any atom is 0.223 e. The van der Waals surface area contributed by atoms with Crippen LogP contribution in [0, 0.1) is 5.92 Å². The van der Waals surface area contributed by atoms with Crippen molar-refractivity contribution in [1.29, 1.82) is 0 Å². The number of carbonyl (C=O) groups is 1. The molecule has 2 N–H and O–H groups in total. The van der Waals surface area contributed by atoms with E-state index in [1.165, 1.54) is 5.56 Å². The van der Waals surface area contributed by atoms with Crippen molar-refractivity contribution in [2.24, 2.45) is 10.9 Å². The van der Waals surface area contributed by atoms with Crippen LogP contribution >= 0.6 is 0 Å². The fourth-order valence-corrected chi connectivity index (χ4v) is 3.94. The third-order valence-electron chi connectivity index (χ3n) is 5.84. The average molecular weight is 425 g/mol. The highest BCUT2D eigenvalue weighted by molar-refractivity contribution is 5.81. The summed E-state index contributed by atoms with van der Waals surface area (Å²) in [4.78, 5) is 19.1. The fourth-order valence-electron chi connectivity index (χ4n) is 3.94. The molecule has 1 aliphatic carbocycles. The number of carbonyl (C=O) groups excluding carboxylic acids is 1. The number of aliphatic imine (C=N–C) groups is 1. The molecule has 0 spiro atoms. The molecule has 1 amide bonds. The third kappa shape index (κ3) is 6.26. The van der Waals surface area contributed by atoms with E-state index in [9.17, 15) is 4.79 Å². The molecule has 2 fully saturated rings. The number of likely N-dealkylation sites (tertiary alicyclic amines) is 1. The summed E-state index contributed by atoms with van der Waals surface area (Å²) in [5.74, 6) is 3.20. The van der Waals surface area contributed by atoms with Crippen molar-refractivity contribution in [3.63, 3.8) is 0 Å². The molecule has 166 valence electrons. The van der Waals surface area contributed by atoms with Gasteiger partial charge in [0.25, 0.3) is 0 Å². The number of hydrogen-bond acceptors (Lipinski definition) is 4. The SMILES string of the molecule is COc1ccc(CCNC(=NCC2CC(=O)N(C3CC3)C2)NCCc2ccco2)cc1. The number of rotatable bonds is 10. The highest BCUT2D eigenvalue weighted by Gasteiger charge is 2.39. The van der Waals surface area contributed by atoms with Crippen molar-refractivity contribution in [2.75, 3.05) is 33.3 Å². The van der Waals surface area contributed by atoms with Crippen molar-refractivity contribution >= 4 is 11.9 Å². The van der Waals surface area contributed by atoms with Crippen molar-refractivity contribution in [2.45, 2.75) is 38.1 Å². The van der Waals surface area contributed by atoms with Crippen LogP contribution in [-0.2, 0) is 17.6 Å². The first-order valence-electron chi connectivity index (χ1n) is 11.2. The van der Waals surface area contributed by atoms with Crippen LogP contribution < -0.4 is 15.4 Å². The van der Waals surface area contributed by atoms with Crippen molar-refractivity contribution in [3.8, 4) is 5.75 Å². The second-order valence-corrected chi connectivity index (χ2v) is 8.32. The molecule has 1 aromatic heterocycles. The minimum atomic E-state index is 0.294. The number of hydrogen-bond donors (Lipinski definition) is 2. The van der Waals surface area contributed by atoms with Crippen LogP contribution in [0.1, 0.15) is 30.6 Å². The number of furan rings is 1. The molecule has 7 nitrogen and oxygen atoms in total. The summed E-state index contributed by atoms with van der Waals surface area (Å²) < 4.78 is 10.6. The molecule has 2 aromatic rings. The molecule has 4 rings (SSSR count). The number of guanidine groups is 1. The first kappa shape index (κ1) is 21.3. The molecule has 2 aliphatic rings. The van der Waals surface area contributed by atoms with E-state index in [1.54, 1.807) is 13.4 Å². The summed E-state index contributed by atoms with van der Waals surface area (Å²) in [6, 6.07) is 12.5. The Hall–Kier alpha value is -2.96. The number of benzene rings is 1. The first-order chi connectivity index (χ1) is 15.2. The lowest BCUT2D eigenvalue weighted by molar-refractivity contribution is -0.128. The quantitative estimate of drug-likeness (QED) is 0.453. The van der Waals surface area contributed by atoms with Gasteiger partial charge in [-0.05, 0) is 49.1 Å². The zero-order valence-electron chi connectivity index (χ0n) is 18.2. The normalized spacial score (nSPS) is 19.0. The van der Waals surface area contributed by atoms with Gasteiger partial charge in [-0.15, -0.1) is 0 Å². The summed E-state index contributed by atoms with van der Waals surface area (Å²) in [6.07, 6.45) is 6.32. The second-order valence-electron chi connectivity index (χ2n) is 8.32. The number of nitrogens with one attached hydrogen (secondary N) is 2. The van der Waals surface area contributed by atoms with E-state index < -0.39 is 0 Å². The van der Waals surface area contributed by atoms with E-state index in [0.717, 1.165) is 62.8 Å². The van der Waals surface area contributed by atoms with Gasteiger partial charge in [0, 0.05) is 51.0 Å². The first-order valence-corrected chi connectivity index (χ1v) is 11.2. The van der Waals surface area contributed by atoms with Gasteiger partial charge in [-0.25, -0.2) is 0 Å². The van der Waals surface area contributed by atoms with Crippen LogP contribution in [-0.4, -0.2) is 56.1 Å². The highest BCUT2D eigenvalue weighted by atomic mass is 16.5. The lowest BCUT2D eigenvalue weighted by Gasteiger charge is -2.16. The van der Waals surface area contributed by atoms with E-state index in [4.69, 9.17) is 14.1 Å². The lowest BCUT2D eigenvalue weighted by Crippen LogP contribution is -2.40. The summed E-state index contributed by atoms with van der Waals surface area (Å²) in [6.45, 7) is 3.02. The van der Waals surface area contributed by atoms with Crippen molar-refractivity contribution in [1.82, 2.24) is 15.5 Å². The van der Waals surface area contributed by atoms with Crippen molar-refractivity contribution < 1.29 is 13.9 Å². The number of methoxy groups -OCH3 is 1. The van der Waals surface area contributed by atoms with Gasteiger partial charge in [0.2, 0.25) is 5.91 Å². The van der Waals surface area contributed by atoms with Crippen LogP contribution in [0.5, 0.6) is 5.75 Å². The Labute approximate surface area is 183 Å². The van der Waals surface area contributed by atoms with Gasteiger partial charge < -0.3 is 24.7 Å². The van der Waals surface area contributed by atoms with Crippen LogP contribution in [0.25, 0.3) is 0 Å². The van der Waals surface area contributed by atoms with Gasteiger partial charge in [0.1, 0.15) is 11.5 Å². The monoisotopic (exact) mass is 424 g/mol. The fraction of sp³-hybridized carbons (Fsp3) is 0.500. The van der Waals surface area contributed by atoms with E-state index in [-0.39, 0.29) is 0 Å². The second kappa shape index (κ2) is 10.4. The topological polar surface area (TPSA) is 79.1 Å². The largest absolute Gasteiger partial charge is 0.497 e. The van der Waals surface area contributed by atoms with Gasteiger partial charge in [-0.2, -0.15) is 0 Å². The van der Waals surface area contributed by atoms with E-state index >= 15 is 0 Å². The van der Waals surface area contributed by atoms with Crippen LogP contribution in [0.15, 0.2) is 52.1 Å². The zero-order chi connectivity index (χ0) is 21.5. The number of amides is 1. The maximum absolute atomic E-state index is 12.2. The molecule has 1 atom stereocenters. The molecule has 1 saturated carbocycles. The summed E-state index contributed by atoms with van der Waals surface area (Å²) in [5.41, 5.74) is 1.24. The third-order valence-corrected chi connectivity index (χ3v) is 5.84.